The van der Waals surface area contributed by atoms with Gasteiger partial charge in [0.15, 0.2) is 0 Å². The highest BCUT2D eigenvalue weighted by Crippen LogP contribution is 2.19. The van der Waals surface area contributed by atoms with Gasteiger partial charge >= 0.3 is 0 Å². The summed E-state index contributed by atoms with van der Waals surface area (Å²) in [6.45, 7) is 2.73. The summed E-state index contributed by atoms with van der Waals surface area (Å²) >= 11 is 0. The van der Waals surface area contributed by atoms with E-state index in [2.05, 4.69) is 12.2 Å². The number of rotatable bonds is 6. The van der Waals surface area contributed by atoms with E-state index in [0.29, 0.717) is 12.6 Å². The molecule has 1 unspecified atom stereocenters. The maximum Gasteiger partial charge on any atom is 0.223 e. The fourth-order valence-corrected chi connectivity index (χ4v) is 2.35. The zero-order valence-electron chi connectivity index (χ0n) is 9.80. The fraction of sp³-hybridized carbons (Fsp3) is 0.917. The van der Waals surface area contributed by atoms with E-state index in [0.717, 1.165) is 32.1 Å². The molecule has 0 aromatic rings. The minimum absolute atomic E-state index is 0.139. The maximum absolute atomic E-state index is 11.9. The number of carbonyl (C=O) groups is 1. The Morgan fingerprint density at radius 3 is 2.60 bits per heavy atom. The number of nitrogens with two attached hydrogens (primary N) is 1. The van der Waals surface area contributed by atoms with Crippen molar-refractivity contribution in [2.24, 2.45) is 11.7 Å². The molecular weight excluding hydrogens is 188 g/mol. The number of hydrogen-bond acceptors (Lipinski definition) is 2. The Morgan fingerprint density at radius 2 is 2.07 bits per heavy atom. The van der Waals surface area contributed by atoms with Gasteiger partial charge in [0.25, 0.3) is 0 Å². The van der Waals surface area contributed by atoms with Crippen molar-refractivity contribution in [2.75, 3.05) is 6.54 Å². The molecule has 3 heteroatoms. The van der Waals surface area contributed by atoms with Crippen LogP contribution < -0.4 is 11.1 Å². The summed E-state index contributed by atoms with van der Waals surface area (Å²) in [5.41, 5.74) is 5.53. The van der Waals surface area contributed by atoms with Crippen LogP contribution in [0.1, 0.15) is 51.9 Å². The van der Waals surface area contributed by atoms with Crippen LogP contribution in [0.2, 0.25) is 0 Å². The third-order valence-electron chi connectivity index (χ3n) is 3.22. The molecule has 3 nitrogen and oxygen atoms in total. The average Bonchev–Trinajstić information content (AvgIpc) is 2.70. The van der Waals surface area contributed by atoms with Crippen molar-refractivity contribution in [3.8, 4) is 0 Å². The topological polar surface area (TPSA) is 55.1 Å². The summed E-state index contributed by atoms with van der Waals surface area (Å²) in [5.74, 6) is 0.370. The van der Waals surface area contributed by atoms with Gasteiger partial charge in [-0.15, -0.1) is 0 Å². The average molecular weight is 212 g/mol. The molecule has 0 aliphatic heterocycles. The molecule has 15 heavy (non-hydrogen) atoms. The summed E-state index contributed by atoms with van der Waals surface area (Å²) in [7, 11) is 0. The zero-order valence-corrected chi connectivity index (χ0v) is 9.80. The Morgan fingerprint density at radius 1 is 1.40 bits per heavy atom. The van der Waals surface area contributed by atoms with Crippen LogP contribution in [0.25, 0.3) is 0 Å². The van der Waals surface area contributed by atoms with Gasteiger partial charge in [0.05, 0.1) is 0 Å². The molecule has 1 fully saturated rings. The molecule has 1 saturated carbocycles. The Balaban J connectivity index is 2.33. The number of amides is 1. The second-order valence-corrected chi connectivity index (χ2v) is 4.55. The minimum Gasteiger partial charge on any atom is -0.353 e. The summed E-state index contributed by atoms with van der Waals surface area (Å²) in [6, 6.07) is 0.439. The number of carbonyl (C=O) groups excluding carboxylic acids is 1. The smallest absolute Gasteiger partial charge is 0.223 e. The molecule has 0 radical (unpaired) electrons. The lowest BCUT2D eigenvalue weighted by atomic mass is 9.98. The second kappa shape index (κ2) is 6.83. The molecule has 1 atom stereocenters. The summed E-state index contributed by atoms with van der Waals surface area (Å²) in [4.78, 5) is 11.9. The van der Waals surface area contributed by atoms with Gasteiger partial charge in [-0.25, -0.2) is 0 Å². The van der Waals surface area contributed by atoms with Crippen molar-refractivity contribution in [1.82, 2.24) is 5.32 Å². The van der Waals surface area contributed by atoms with Crippen LogP contribution in [0.3, 0.4) is 0 Å². The van der Waals surface area contributed by atoms with Crippen molar-refractivity contribution in [3.63, 3.8) is 0 Å². The van der Waals surface area contributed by atoms with E-state index in [-0.39, 0.29) is 11.8 Å². The maximum atomic E-state index is 11.9. The molecule has 3 N–H and O–H groups in total. The van der Waals surface area contributed by atoms with Gasteiger partial charge in [0, 0.05) is 12.0 Å². The molecule has 1 aliphatic rings. The van der Waals surface area contributed by atoms with Crippen LogP contribution >= 0.6 is 0 Å². The van der Waals surface area contributed by atoms with E-state index in [9.17, 15) is 4.79 Å². The highest BCUT2D eigenvalue weighted by atomic mass is 16.1. The Kier molecular flexibility index (Phi) is 5.69. The van der Waals surface area contributed by atoms with E-state index in [1.165, 1.54) is 12.8 Å². The largest absolute Gasteiger partial charge is 0.353 e. The van der Waals surface area contributed by atoms with E-state index < -0.39 is 0 Å². The highest BCUT2D eigenvalue weighted by Gasteiger charge is 2.22. The third-order valence-corrected chi connectivity index (χ3v) is 3.22. The van der Waals surface area contributed by atoms with Crippen LogP contribution in [-0.2, 0) is 4.79 Å². The summed E-state index contributed by atoms with van der Waals surface area (Å²) < 4.78 is 0. The molecule has 0 bridgehead atoms. The first-order chi connectivity index (χ1) is 7.27. The Labute approximate surface area is 92.8 Å². The van der Waals surface area contributed by atoms with Gasteiger partial charge in [0.2, 0.25) is 5.91 Å². The third kappa shape index (κ3) is 4.20. The van der Waals surface area contributed by atoms with Crippen LogP contribution in [0.15, 0.2) is 0 Å². The van der Waals surface area contributed by atoms with Gasteiger partial charge in [-0.3, -0.25) is 4.79 Å². The first-order valence-electron chi connectivity index (χ1n) is 6.28. The van der Waals surface area contributed by atoms with Crippen molar-refractivity contribution in [2.45, 2.75) is 57.9 Å². The van der Waals surface area contributed by atoms with Crippen molar-refractivity contribution in [3.05, 3.63) is 0 Å². The van der Waals surface area contributed by atoms with Crippen LogP contribution in [0.4, 0.5) is 0 Å². The van der Waals surface area contributed by atoms with Crippen molar-refractivity contribution in [1.29, 1.82) is 0 Å². The lowest BCUT2D eigenvalue weighted by molar-refractivity contribution is -0.126. The van der Waals surface area contributed by atoms with Crippen molar-refractivity contribution >= 4 is 5.91 Å². The molecule has 0 saturated heterocycles. The number of nitrogens with one attached hydrogen (secondary N) is 1. The summed E-state index contributed by atoms with van der Waals surface area (Å²) in [6.07, 6.45) is 7.70. The molecule has 1 amide bonds. The van der Waals surface area contributed by atoms with Gasteiger partial charge in [-0.2, -0.15) is 0 Å². The normalized spacial score (nSPS) is 19.1. The predicted molar refractivity (Wildman–Crippen MR) is 62.5 cm³/mol. The van der Waals surface area contributed by atoms with E-state index in [1.807, 2.05) is 0 Å². The molecular formula is C12H24N2O. The first kappa shape index (κ1) is 12.5. The molecule has 1 aliphatic carbocycles. The monoisotopic (exact) mass is 212 g/mol. The van der Waals surface area contributed by atoms with E-state index >= 15 is 0 Å². The molecule has 0 aromatic carbocycles. The molecule has 0 heterocycles. The first-order valence-corrected chi connectivity index (χ1v) is 6.28. The lowest BCUT2D eigenvalue weighted by Gasteiger charge is -2.18. The quantitative estimate of drug-likeness (QED) is 0.705. The minimum atomic E-state index is 0.139. The zero-order chi connectivity index (χ0) is 11.1. The van der Waals surface area contributed by atoms with Gasteiger partial charge in [0.1, 0.15) is 0 Å². The predicted octanol–water partition coefficient (Wildman–Crippen LogP) is 1.81. The molecule has 1 rings (SSSR count). The van der Waals surface area contributed by atoms with Gasteiger partial charge in [-0.1, -0.05) is 26.2 Å². The SMILES string of the molecule is CCCC(CCN)C(=O)NC1CCCC1. The molecule has 0 spiro atoms. The fourth-order valence-electron chi connectivity index (χ4n) is 2.35. The second-order valence-electron chi connectivity index (χ2n) is 4.55. The lowest BCUT2D eigenvalue weighted by Crippen LogP contribution is -2.38. The summed E-state index contributed by atoms with van der Waals surface area (Å²) in [5, 5.41) is 3.15. The number of hydrogen-bond donors (Lipinski definition) is 2. The Hall–Kier alpha value is -0.570. The van der Waals surface area contributed by atoms with Crippen LogP contribution in [0, 0.1) is 5.92 Å². The van der Waals surface area contributed by atoms with Gasteiger partial charge in [-0.05, 0) is 32.2 Å². The van der Waals surface area contributed by atoms with E-state index in [4.69, 9.17) is 5.73 Å². The van der Waals surface area contributed by atoms with Crippen LogP contribution in [-0.4, -0.2) is 18.5 Å². The molecule has 88 valence electrons. The van der Waals surface area contributed by atoms with Crippen molar-refractivity contribution < 1.29 is 4.79 Å². The Bertz CT molecular complexity index is 182. The van der Waals surface area contributed by atoms with Gasteiger partial charge < -0.3 is 11.1 Å². The van der Waals surface area contributed by atoms with E-state index in [1.54, 1.807) is 0 Å². The highest BCUT2D eigenvalue weighted by molar-refractivity contribution is 5.78. The molecule has 0 aromatic heterocycles. The standard InChI is InChI=1S/C12H24N2O/c1-2-5-10(8-9-13)12(15)14-11-6-3-4-7-11/h10-11H,2-9,13H2,1H3,(H,14,15). The van der Waals surface area contributed by atoms with Crippen LogP contribution in [0.5, 0.6) is 0 Å².